The molecule has 0 aromatic rings. The Labute approximate surface area is 77.4 Å². The predicted octanol–water partition coefficient (Wildman–Crippen LogP) is 2.52. The lowest BCUT2D eigenvalue weighted by Gasteiger charge is -2.35. The number of hydrogen-bond donors (Lipinski definition) is 0. The third-order valence-electron chi connectivity index (χ3n) is 4.08. The second kappa shape index (κ2) is 3.37. The van der Waals surface area contributed by atoms with Gasteiger partial charge in [-0.25, -0.2) is 0 Å². The molecule has 4 unspecified atom stereocenters. The van der Waals surface area contributed by atoms with Crippen LogP contribution in [0.3, 0.4) is 0 Å². The maximum Gasteiger partial charge on any atom is 0.0890 e. The van der Waals surface area contributed by atoms with Gasteiger partial charge >= 0.3 is 0 Å². The van der Waals surface area contributed by atoms with E-state index in [4.69, 9.17) is 0 Å². The number of rotatable bonds is 2. The molecule has 0 amide bonds. The molecule has 0 aliphatic carbocycles. The van der Waals surface area contributed by atoms with Gasteiger partial charge in [0.2, 0.25) is 0 Å². The molecule has 12 heavy (non-hydrogen) atoms. The highest BCUT2D eigenvalue weighted by Crippen LogP contribution is 2.34. The van der Waals surface area contributed by atoms with E-state index < -0.39 is 0 Å². The minimum atomic E-state index is 0.861. The molecule has 0 bridgehead atoms. The van der Waals surface area contributed by atoms with Crippen LogP contribution >= 0.6 is 0 Å². The highest BCUT2D eigenvalue weighted by atomic mass is 15.4. The molecular formula is C11H24N+. The van der Waals surface area contributed by atoms with Crippen LogP contribution in [0.1, 0.15) is 34.1 Å². The van der Waals surface area contributed by atoms with Crippen LogP contribution in [0, 0.1) is 11.8 Å². The van der Waals surface area contributed by atoms with Crippen LogP contribution in [0.15, 0.2) is 0 Å². The van der Waals surface area contributed by atoms with Crippen molar-refractivity contribution in [2.24, 2.45) is 11.8 Å². The first kappa shape index (κ1) is 10.0. The Morgan fingerprint density at radius 2 is 1.83 bits per heavy atom. The van der Waals surface area contributed by atoms with Gasteiger partial charge < -0.3 is 4.48 Å². The quantitative estimate of drug-likeness (QED) is 0.559. The first-order valence-corrected chi connectivity index (χ1v) is 5.35. The monoisotopic (exact) mass is 170 g/mol. The highest BCUT2D eigenvalue weighted by Gasteiger charge is 2.43. The summed E-state index contributed by atoms with van der Waals surface area (Å²) in [5.74, 6) is 1.82. The standard InChI is InChI=1S/C11H24N/c1-6-7-12(5)8-9(2)10(3)11(12)4/h9-11H,6-8H2,1-5H3/q+1. The van der Waals surface area contributed by atoms with E-state index in [-0.39, 0.29) is 0 Å². The van der Waals surface area contributed by atoms with E-state index in [9.17, 15) is 0 Å². The lowest BCUT2D eigenvalue weighted by Crippen LogP contribution is -2.48. The average Bonchev–Trinajstić information content (AvgIpc) is 2.17. The molecule has 1 heterocycles. The van der Waals surface area contributed by atoms with Crippen LogP contribution in [0.4, 0.5) is 0 Å². The summed E-state index contributed by atoms with van der Waals surface area (Å²) in [5, 5.41) is 0. The van der Waals surface area contributed by atoms with Crippen LogP contribution in [0.5, 0.6) is 0 Å². The zero-order valence-electron chi connectivity index (χ0n) is 9.30. The van der Waals surface area contributed by atoms with E-state index in [0.717, 1.165) is 17.9 Å². The fraction of sp³-hybridized carbons (Fsp3) is 1.00. The lowest BCUT2D eigenvalue weighted by molar-refractivity contribution is -0.921. The minimum Gasteiger partial charge on any atom is -0.323 e. The van der Waals surface area contributed by atoms with Crippen LogP contribution < -0.4 is 0 Å². The SMILES string of the molecule is CCC[N+]1(C)CC(C)C(C)C1C. The molecule has 0 aromatic carbocycles. The Bertz CT molecular complexity index is 155. The predicted molar refractivity (Wildman–Crippen MR) is 54.0 cm³/mol. The van der Waals surface area contributed by atoms with Crippen molar-refractivity contribution < 1.29 is 4.48 Å². The zero-order chi connectivity index (χ0) is 9.35. The van der Waals surface area contributed by atoms with Crippen LogP contribution in [0.2, 0.25) is 0 Å². The normalized spacial score (nSPS) is 48.2. The molecule has 0 N–H and O–H groups in total. The zero-order valence-corrected chi connectivity index (χ0v) is 9.30. The Morgan fingerprint density at radius 1 is 1.25 bits per heavy atom. The Balaban J connectivity index is 2.67. The summed E-state index contributed by atoms with van der Waals surface area (Å²) < 4.78 is 1.30. The number of nitrogens with zero attached hydrogens (tertiary/aromatic N) is 1. The van der Waals surface area contributed by atoms with E-state index in [1.54, 1.807) is 0 Å². The van der Waals surface area contributed by atoms with Crippen molar-refractivity contribution in [3.63, 3.8) is 0 Å². The molecule has 0 aromatic heterocycles. The lowest BCUT2D eigenvalue weighted by atomic mass is 9.95. The molecule has 0 saturated carbocycles. The molecular weight excluding hydrogens is 146 g/mol. The maximum atomic E-state index is 2.42. The van der Waals surface area contributed by atoms with E-state index in [1.165, 1.54) is 24.0 Å². The average molecular weight is 170 g/mol. The first-order valence-electron chi connectivity index (χ1n) is 5.35. The highest BCUT2D eigenvalue weighted by molar-refractivity contribution is 4.76. The van der Waals surface area contributed by atoms with Gasteiger partial charge in [-0.3, -0.25) is 0 Å². The van der Waals surface area contributed by atoms with Crippen molar-refractivity contribution >= 4 is 0 Å². The van der Waals surface area contributed by atoms with Crippen molar-refractivity contribution in [1.29, 1.82) is 0 Å². The van der Waals surface area contributed by atoms with E-state index >= 15 is 0 Å². The molecule has 1 rings (SSSR count). The maximum absolute atomic E-state index is 2.42. The number of hydrogen-bond acceptors (Lipinski definition) is 0. The molecule has 0 spiro atoms. The minimum absolute atomic E-state index is 0.861. The molecule has 72 valence electrons. The number of likely N-dealkylation sites (tertiary alicyclic amines) is 1. The van der Waals surface area contributed by atoms with Gasteiger partial charge in [-0.1, -0.05) is 20.8 Å². The van der Waals surface area contributed by atoms with Gasteiger partial charge in [0, 0.05) is 11.8 Å². The Morgan fingerprint density at radius 3 is 2.17 bits per heavy atom. The van der Waals surface area contributed by atoms with Gasteiger partial charge in [0.1, 0.15) is 0 Å². The van der Waals surface area contributed by atoms with Crippen LogP contribution in [-0.2, 0) is 0 Å². The second-order valence-electron chi connectivity index (χ2n) is 4.96. The van der Waals surface area contributed by atoms with E-state index in [2.05, 4.69) is 34.7 Å². The molecule has 1 aliphatic rings. The summed E-state index contributed by atoms with van der Waals surface area (Å²) in [4.78, 5) is 0. The summed E-state index contributed by atoms with van der Waals surface area (Å²) in [6, 6.07) is 0.861. The molecule has 1 fully saturated rings. The molecule has 1 aliphatic heterocycles. The topological polar surface area (TPSA) is 0 Å². The largest absolute Gasteiger partial charge is 0.323 e. The summed E-state index contributed by atoms with van der Waals surface area (Å²) in [6.45, 7) is 12.3. The van der Waals surface area contributed by atoms with Gasteiger partial charge in [0.25, 0.3) is 0 Å². The van der Waals surface area contributed by atoms with Crippen LogP contribution in [-0.4, -0.2) is 30.7 Å². The van der Waals surface area contributed by atoms with Crippen molar-refractivity contribution in [2.75, 3.05) is 20.1 Å². The van der Waals surface area contributed by atoms with Gasteiger partial charge in [0.15, 0.2) is 0 Å². The Kier molecular flexibility index (Phi) is 2.82. The second-order valence-corrected chi connectivity index (χ2v) is 4.96. The molecule has 1 nitrogen and oxygen atoms in total. The van der Waals surface area contributed by atoms with E-state index in [1.807, 2.05) is 0 Å². The van der Waals surface area contributed by atoms with Crippen molar-refractivity contribution in [1.82, 2.24) is 0 Å². The third-order valence-corrected chi connectivity index (χ3v) is 4.08. The summed E-state index contributed by atoms with van der Waals surface area (Å²) in [5.41, 5.74) is 0. The molecule has 0 radical (unpaired) electrons. The summed E-state index contributed by atoms with van der Waals surface area (Å²) in [6.07, 6.45) is 1.32. The van der Waals surface area contributed by atoms with Gasteiger partial charge in [-0.05, 0) is 13.3 Å². The van der Waals surface area contributed by atoms with Gasteiger partial charge in [-0.2, -0.15) is 0 Å². The van der Waals surface area contributed by atoms with Gasteiger partial charge in [-0.15, -0.1) is 0 Å². The summed E-state index contributed by atoms with van der Waals surface area (Å²) in [7, 11) is 2.42. The van der Waals surface area contributed by atoms with E-state index in [0.29, 0.717) is 0 Å². The molecule has 4 atom stereocenters. The Hall–Kier alpha value is -0.0400. The smallest absolute Gasteiger partial charge is 0.0890 e. The van der Waals surface area contributed by atoms with Crippen LogP contribution in [0.25, 0.3) is 0 Å². The first-order chi connectivity index (χ1) is 5.51. The van der Waals surface area contributed by atoms with Crippen molar-refractivity contribution in [3.05, 3.63) is 0 Å². The fourth-order valence-electron chi connectivity index (χ4n) is 2.84. The summed E-state index contributed by atoms with van der Waals surface area (Å²) >= 11 is 0. The number of quaternary nitrogens is 1. The van der Waals surface area contributed by atoms with Crippen molar-refractivity contribution in [2.45, 2.75) is 40.2 Å². The van der Waals surface area contributed by atoms with Gasteiger partial charge in [0.05, 0.1) is 26.2 Å². The third kappa shape index (κ3) is 1.52. The molecule has 1 saturated heterocycles. The fourth-order valence-corrected chi connectivity index (χ4v) is 2.84. The molecule has 1 heteroatoms. The van der Waals surface area contributed by atoms with Crippen molar-refractivity contribution in [3.8, 4) is 0 Å².